The fourth-order valence-corrected chi connectivity index (χ4v) is 6.63. The van der Waals surface area contributed by atoms with Gasteiger partial charge in [0.2, 0.25) is 5.91 Å². The molecule has 1 aromatic carbocycles. The Labute approximate surface area is 233 Å². The van der Waals surface area contributed by atoms with Crippen LogP contribution in [-0.2, 0) is 4.79 Å². The van der Waals surface area contributed by atoms with Gasteiger partial charge in [0.15, 0.2) is 0 Å². The van der Waals surface area contributed by atoms with Crippen molar-refractivity contribution in [1.29, 1.82) is 0 Å². The van der Waals surface area contributed by atoms with Crippen LogP contribution in [-0.4, -0.2) is 75.8 Å². The molecule has 0 spiro atoms. The lowest BCUT2D eigenvalue weighted by Crippen LogP contribution is -2.46. The Morgan fingerprint density at radius 3 is 2.40 bits per heavy atom. The number of fused-ring (bicyclic) bond motifs is 1. The van der Waals surface area contributed by atoms with E-state index in [0.717, 1.165) is 41.0 Å². The molecule has 4 heterocycles. The standard InChI is InChI=1S/C31H39F3N4O2/c1-18(2)29-26-13-22(5-6-27(26)36-30(29)23-11-19(3)35-20(4)12-23)21-7-9-37(10-8-21)28(40)16-38-15-24(31(32,33)34)14-25(38)17-39/h5-6,11-13,18,21,24-25,36,39H,7-10,14-17H2,1-4H3/t24-,25-/m0/s1. The number of aliphatic hydroxyl groups is 1. The van der Waals surface area contributed by atoms with E-state index in [1.165, 1.54) is 21.4 Å². The Kier molecular flexibility index (Phi) is 7.99. The lowest BCUT2D eigenvalue weighted by atomic mass is 9.87. The zero-order valence-corrected chi connectivity index (χ0v) is 23.7. The number of nitrogens with zero attached hydrogens (tertiary/aromatic N) is 3. The smallest absolute Gasteiger partial charge is 0.393 e. The first kappa shape index (κ1) is 28.6. The Bertz CT molecular complexity index is 1350. The number of aromatic amines is 1. The molecule has 40 heavy (non-hydrogen) atoms. The first-order valence-corrected chi connectivity index (χ1v) is 14.2. The third-order valence-electron chi connectivity index (χ3n) is 8.67. The van der Waals surface area contributed by atoms with E-state index in [2.05, 4.69) is 54.1 Å². The number of likely N-dealkylation sites (tertiary alicyclic amines) is 2. The van der Waals surface area contributed by atoms with Crippen LogP contribution in [0.15, 0.2) is 30.3 Å². The van der Waals surface area contributed by atoms with Gasteiger partial charge in [-0.2, -0.15) is 13.2 Å². The van der Waals surface area contributed by atoms with Crippen molar-refractivity contribution in [2.75, 3.05) is 32.8 Å². The van der Waals surface area contributed by atoms with E-state index in [0.29, 0.717) is 24.9 Å². The average Bonchev–Trinajstić information content (AvgIpc) is 3.49. The molecule has 6 nitrogen and oxygen atoms in total. The SMILES string of the molecule is Cc1cc(-c2[nH]c3ccc(C4CCN(C(=O)CN5C[C@@H](C(F)(F)F)C[C@H]5CO)CC4)cc3c2C(C)C)cc(C)n1. The van der Waals surface area contributed by atoms with Gasteiger partial charge in [-0.3, -0.25) is 14.7 Å². The Balaban J connectivity index is 1.29. The van der Waals surface area contributed by atoms with Crippen molar-refractivity contribution in [2.24, 2.45) is 5.92 Å². The third kappa shape index (κ3) is 5.77. The highest BCUT2D eigenvalue weighted by Crippen LogP contribution is 2.39. The van der Waals surface area contributed by atoms with Crippen LogP contribution in [0.3, 0.4) is 0 Å². The second kappa shape index (κ2) is 11.2. The summed E-state index contributed by atoms with van der Waals surface area (Å²) in [6, 6.07) is 10.2. The highest BCUT2D eigenvalue weighted by Gasteiger charge is 2.47. The molecule has 2 N–H and O–H groups in total. The number of halogens is 3. The Morgan fingerprint density at radius 2 is 1.80 bits per heavy atom. The molecule has 2 aliphatic heterocycles. The number of piperidine rings is 1. The molecule has 0 saturated carbocycles. The number of aliphatic hydroxyl groups excluding tert-OH is 1. The van der Waals surface area contributed by atoms with Crippen molar-refractivity contribution in [3.63, 3.8) is 0 Å². The van der Waals surface area contributed by atoms with Gasteiger partial charge in [0.25, 0.3) is 0 Å². The van der Waals surface area contributed by atoms with Gasteiger partial charge >= 0.3 is 6.18 Å². The number of alkyl halides is 3. The average molecular weight is 557 g/mol. The van der Waals surface area contributed by atoms with Crippen LogP contribution < -0.4 is 0 Å². The number of benzene rings is 1. The summed E-state index contributed by atoms with van der Waals surface area (Å²) >= 11 is 0. The summed E-state index contributed by atoms with van der Waals surface area (Å²) < 4.78 is 39.7. The van der Waals surface area contributed by atoms with Crippen LogP contribution >= 0.6 is 0 Å². The van der Waals surface area contributed by atoms with E-state index in [1.54, 1.807) is 4.90 Å². The first-order chi connectivity index (χ1) is 18.9. The molecule has 5 rings (SSSR count). The quantitative estimate of drug-likeness (QED) is 0.395. The lowest BCUT2D eigenvalue weighted by Gasteiger charge is -2.34. The number of carbonyl (C=O) groups excluding carboxylic acids is 1. The van der Waals surface area contributed by atoms with E-state index in [-0.39, 0.29) is 32.0 Å². The number of rotatable bonds is 6. The highest BCUT2D eigenvalue weighted by atomic mass is 19.4. The monoisotopic (exact) mass is 556 g/mol. The predicted molar refractivity (Wildman–Crippen MR) is 150 cm³/mol. The largest absolute Gasteiger partial charge is 0.395 e. The van der Waals surface area contributed by atoms with Crippen molar-refractivity contribution in [3.05, 3.63) is 52.8 Å². The molecule has 216 valence electrons. The highest BCUT2D eigenvalue weighted by molar-refractivity contribution is 5.92. The molecule has 0 aliphatic carbocycles. The normalized spacial score (nSPS) is 21.2. The van der Waals surface area contributed by atoms with Crippen LogP contribution in [0.2, 0.25) is 0 Å². The fourth-order valence-electron chi connectivity index (χ4n) is 6.63. The molecule has 9 heteroatoms. The molecule has 2 fully saturated rings. The number of aryl methyl sites for hydroxylation is 2. The van der Waals surface area contributed by atoms with Gasteiger partial charge in [-0.1, -0.05) is 19.9 Å². The summed E-state index contributed by atoms with van der Waals surface area (Å²) in [4.78, 5) is 24.5. The summed E-state index contributed by atoms with van der Waals surface area (Å²) in [7, 11) is 0. The molecule has 2 atom stereocenters. The number of amides is 1. The molecule has 3 aromatic rings. The van der Waals surface area contributed by atoms with Crippen LogP contribution in [0.5, 0.6) is 0 Å². The van der Waals surface area contributed by atoms with E-state index in [4.69, 9.17) is 0 Å². The third-order valence-corrected chi connectivity index (χ3v) is 8.67. The number of hydrogen-bond acceptors (Lipinski definition) is 4. The molecule has 1 amide bonds. The van der Waals surface area contributed by atoms with E-state index in [9.17, 15) is 23.1 Å². The number of H-pyrrole nitrogens is 1. The van der Waals surface area contributed by atoms with Crippen molar-refractivity contribution in [3.8, 4) is 11.3 Å². The molecular formula is C31H39F3N4O2. The van der Waals surface area contributed by atoms with Gasteiger partial charge in [-0.25, -0.2) is 0 Å². The van der Waals surface area contributed by atoms with Crippen molar-refractivity contribution in [2.45, 2.75) is 71.0 Å². The Hall–Kier alpha value is -2.91. The van der Waals surface area contributed by atoms with Crippen molar-refractivity contribution >= 4 is 16.8 Å². The minimum Gasteiger partial charge on any atom is -0.395 e. The van der Waals surface area contributed by atoms with Crippen LogP contribution in [0, 0.1) is 19.8 Å². The zero-order chi connectivity index (χ0) is 28.8. The molecule has 0 bridgehead atoms. The van der Waals surface area contributed by atoms with Crippen molar-refractivity contribution in [1.82, 2.24) is 19.8 Å². The zero-order valence-electron chi connectivity index (χ0n) is 23.7. The number of aromatic nitrogens is 2. The topological polar surface area (TPSA) is 72.5 Å². The number of hydrogen-bond donors (Lipinski definition) is 2. The molecule has 2 aromatic heterocycles. The maximum atomic E-state index is 13.2. The number of carbonyl (C=O) groups is 1. The minimum absolute atomic E-state index is 0.0771. The summed E-state index contributed by atoms with van der Waals surface area (Å²) in [5.41, 5.74) is 7.89. The van der Waals surface area contributed by atoms with Gasteiger partial charge in [0.1, 0.15) is 0 Å². The van der Waals surface area contributed by atoms with E-state index < -0.39 is 18.1 Å². The van der Waals surface area contributed by atoms with Gasteiger partial charge < -0.3 is 15.0 Å². The second-order valence-electron chi connectivity index (χ2n) is 11.9. The van der Waals surface area contributed by atoms with Gasteiger partial charge in [-0.05, 0) is 80.3 Å². The number of nitrogens with one attached hydrogen (secondary N) is 1. The van der Waals surface area contributed by atoms with Crippen molar-refractivity contribution < 1.29 is 23.1 Å². The molecule has 0 unspecified atom stereocenters. The van der Waals surface area contributed by atoms with Crippen LogP contribution in [0.1, 0.15) is 67.5 Å². The van der Waals surface area contributed by atoms with Gasteiger partial charge in [0.05, 0.1) is 24.8 Å². The first-order valence-electron chi connectivity index (χ1n) is 14.2. The lowest BCUT2D eigenvalue weighted by molar-refractivity contribution is -0.171. The summed E-state index contributed by atoms with van der Waals surface area (Å²) in [6.45, 7) is 8.92. The van der Waals surface area contributed by atoms with Crippen LogP contribution in [0.4, 0.5) is 13.2 Å². The Morgan fingerprint density at radius 1 is 1.12 bits per heavy atom. The van der Waals surface area contributed by atoms with Gasteiger partial charge in [-0.15, -0.1) is 0 Å². The number of pyridine rings is 1. The summed E-state index contributed by atoms with van der Waals surface area (Å²) in [5.74, 6) is -1.02. The molecule has 0 radical (unpaired) electrons. The summed E-state index contributed by atoms with van der Waals surface area (Å²) in [5, 5.41) is 10.8. The maximum Gasteiger partial charge on any atom is 0.393 e. The van der Waals surface area contributed by atoms with Crippen LogP contribution in [0.25, 0.3) is 22.2 Å². The molecule has 2 aliphatic rings. The van der Waals surface area contributed by atoms with Gasteiger partial charge in [0, 0.05) is 53.5 Å². The predicted octanol–water partition coefficient (Wildman–Crippen LogP) is 5.92. The second-order valence-corrected chi connectivity index (χ2v) is 11.9. The molecule has 2 saturated heterocycles. The minimum atomic E-state index is -4.31. The van der Waals surface area contributed by atoms with E-state index >= 15 is 0 Å². The maximum absolute atomic E-state index is 13.2. The molecular weight excluding hydrogens is 517 g/mol. The fraction of sp³-hybridized carbons (Fsp3) is 0.548. The summed E-state index contributed by atoms with van der Waals surface area (Å²) in [6.07, 6.45) is -2.85. The van der Waals surface area contributed by atoms with E-state index in [1.807, 2.05) is 13.8 Å².